The first-order chi connectivity index (χ1) is 11.8. The lowest BCUT2D eigenvalue weighted by molar-refractivity contribution is -0.220. The van der Waals surface area contributed by atoms with Gasteiger partial charge in [0, 0.05) is 19.3 Å². The number of carbonyl (C=O) groups is 2. The Morgan fingerprint density at radius 2 is 2.12 bits per heavy atom. The van der Waals surface area contributed by atoms with Crippen molar-refractivity contribution in [1.29, 1.82) is 0 Å². The monoisotopic (exact) mass is 391 g/mol. The van der Waals surface area contributed by atoms with Crippen molar-refractivity contribution in [1.82, 2.24) is 15.7 Å². The third-order valence-corrected chi connectivity index (χ3v) is 7.28. The fourth-order valence-corrected chi connectivity index (χ4v) is 6.09. The first kappa shape index (κ1) is 18.3. The molecule has 0 aliphatic carbocycles. The lowest BCUT2D eigenvalue weighted by Gasteiger charge is -2.19. The van der Waals surface area contributed by atoms with Crippen molar-refractivity contribution in [2.24, 2.45) is 0 Å². The van der Waals surface area contributed by atoms with Crippen molar-refractivity contribution in [3.8, 4) is 0 Å². The fraction of sp³-hybridized carbons (Fsp3) is 0.786. The van der Waals surface area contributed by atoms with Gasteiger partial charge in [-0.25, -0.2) is 13.2 Å². The molecule has 3 N–H and O–H groups in total. The van der Waals surface area contributed by atoms with Crippen LogP contribution in [0.25, 0.3) is 0 Å². The Bertz CT molecular complexity index is 682. The molecule has 0 aromatic rings. The maximum Gasteiger partial charge on any atom is 0.332 e. The number of rotatable bonds is 6. The Hall–Kier alpha value is -1.46. The molecule has 3 saturated heterocycles. The maximum atomic E-state index is 12.2. The minimum absolute atomic E-state index is 0.0570. The number of aliphatic hydroxyl groups excluding tert-OH is 1. The molecule has 0 saturated carbocycles. The Morgan fingerprint density at radius 3 is 2.80 bits per heavy atom. The topological polar surface area (TPSA) is 125 Å². The molecule has 1 unspecified atom stereocenters. The van der Waals surface area contributed by atoms with E-state index in [9.17, 15) is 23.1 Å². The maximum absolute atomic E-state index is 12.2. The number of sulfone groups is 1. The molecular formula is C14H21N3O6S2. The molecule has 1 amide bonds. The summed E-state index contributed by atoms with van der Waals surface area (Å²) in [5.41, 5.74) is 0. The van der Waals surface area contributed by atoms with Gasteiger partial charge in [0.1, 0.15) is 0 Å². The predicted octanol–water partition coefficient (Wildman–Crippen LogP) is -1.04. The van der Waals surface area contributed by atoms with Crippen molar-refractivity contribution in [2.45, 2.75) is 62.1 Å². The minimum Gasteiger partial charge on any atom is -0.370 e. The molecule has 0 aromatic carbocycles. The summed E-state index contributed by atoms with van der Waals surface area (Å²) in [5.74, 6) is -0.963. The number of aliphatic hydroxyl groups is 1. The van der Waals surface area contributed by atoms with Gasteiger partial charge in [0.05, 0.1) is 23.1 Å². The van der Waals surface area contributed by atoms with Gasteiger partial charge in [-0.15, -0.1) is 5.06 Å². The number of hydrogen-bond acceptors (Lipinski definition) is 7. The van der Waals surface area contributed by atoms with Crippen LogP contribution >= 0.6 is 12.2 Å². The highest BCUT2D eigenvalue weighted by Crippen LogP contribution is 2.28. The molecule has 25 heavy (non-hydrogen) atoms. The summed E-state index contributed by atoms with van der Waals surface area (Å²) in [6.07, 6.45) is 0.782. The highest BCUT2D eigenvalue weighted by atomic mass is 32.2. The molecule has 0 aromatic heterocycles. The molecule has 140 valence electrons. The Labute approximate surface area is 150 Å². The highest BCUT2D eigenvalue weighted by molar-refractivity contribution is 7.92. The summed E-state index contributed by atoms with van der Waals surface area (Å²) in [7, 11) is -3.19. The number of amides is 1. The van der Waals surface area contributed by atoms with E-state index in [0.717, 1.165) is 0 Å². The van der Waals surface area contributed by atoms with Crippen LogP contribution in [0.2, 0.25) is 0 Å². The van der Waals surface area contributed by atoms with Crippen LogP contribution in [-0.4, -0.2) is 64.9 Å². The van der Waals surface area contributed by atoms with E-state index in [2.05, 4.69) is 10.6 Å². The second-order valence-electron chi connectivity index (χ2n) is 6.57. The number of thiocarbonyl (C=S) groups is 1. The van der Waals surface area contributed by atoms with Gasteiger partial charge in [-0.2, -0.15) is 0 Å². The first-order valence-corrected chi connectivity index (χ1v) is 10.4. The van der Waals surface area contributed by atoms with E-state index in [0.29, 0.717) is 29.4 Å². The van der Waals surface area contributed by atoms with Crippen LogP contribution in [0.4, 0.5) is 0 Å². The van der Waals surface area contributed by atoms with E-state index in [-0.39, 0.29) is 37.1 Å². The molecule has 0 bridgehead atoms. The van der Waals surface area contributed by atoms with Crippen LogP contribution in [0.1, 0.15) is 38.5 Å². The third kappa shape index (κ3) is 3.87. The van der Waals surface area contributed by atoms with E-state index in [1.54, 1.807) is 0 Å². The SMILES string of the molecule is O=C(CCCC[C@H]1[C@H]2NC(=S)N[C@H]2CS1(=O)=O)ON1C(=O)CCC1O. The standard InChI is InChI=1S/C14H21N3O6S2/c18-10-5-6-11(19)17(10)23-12(20)4-2-1-3-9-13-8(7-25(9,21)22)15-14(24)16-13/h8-10,13,18H,1-7H2,(H2,15,16,24)/t8-,9-,10?,13-/m0/s1. The molecule has 11 heteroatoms. The van der Waals surface area contributed by atoms with Crippen LogP contribution in [0.5, 0.6) is 0 Å². The molecule has 3 aliphatic rings. The first-order valence-electron chi connectivity index (χ1n) is 8.27. The summed E-state index contributed by atoms with van der Waals surface area (Å²) in [6, 6.07) is -0.406. The molecule has 3 rings (SSSR count). The van der Waals surface area contributed by atoms with Crippen molar-refractivity contribution in [2.75, 3.05) is 5.75 Å². The third-order valence-electron chi connectivity index (χ3n) is 4.77. The molecule has 0 spiro atoms. The number of carbonyl (C=O) groups excluding carboxylic acids is 2. The number of nitrogens with one attached hydrogen (secondary N) is 2. The molecule has 9 nitrogen and oxygen atoms in total. The van der Waals surface area contributed by atoms with Crippen LogP contribution in [0, 0.1) is 0 Å². The molecular weight excluding hydrogens is 370 g/mol. The van der Waals surface area contributed by atoms with Crippen molar-refractivity contribution >= 4 is 39.0 Å². The lowest BCUT2D eigenvalue weighted by atomic mass is 10.0. The zero-order valence-corrected chi connectivity index (χ0v) is 15.1. The average molecular weight is 391 g/mol. The van der Waals surface area contributed by atoms with Crippen molar-refractivity contribution in [3.63, 3.8) is 0 Å². The van der Waals surface area contributed by atoms with Crippen LogP contribution < -0.4 is 10.6 Å². The van der Waals surface area contributed by atoms with E-state index in [1.165, 1.54) is 0 Å². The van der Waals surface area contributed by atoms with Crippen LogP contribution in [0.15, 0.2) is 0 Å². The molecule has 3 fully saturated rings. The second-order valence-corrected chi connectivity index (χ2v) is 9.24. The van der Waals surface area contributed by atoms with E-state index in [1.807, 2.05) is 0 Å². The summed E-state index contributed by atoms with van der Waals surface area (Å²) >= 11 is 5.03. The van der Waals surface area contributed by atoms with Gasteiger partial charge in [0.25, 0.3) is 5.91 Å². The Kier molecular flexibility index (Phi) is 5.16. The average Bonchev–Trinajstić information content (AvgIpc) is 3.09. The number of hydroxylamine groups is 2. The van der Waals surface area contributed by atoms with Gasteiger partial charge >= 0.3 is 5.97 Å². The number of fused-ring (bicyclic) bond motifs is 1. The molecule has 3 heterocycles. The van der Waals surface area contributed by atoms with Crippen molar-refractivity contribution < 1.29 is 28.0 Å². The van der Waals surface area contributed by atoms with Crippen LogP contribution in [0.3, 0.4) is 0 Å². The minimum atomic E-state index is -3.19. The summed E-state index contributed by atoms with van der Waals surface area (Å²) in [6.45, 7) is 0. The zero-order chi connectivity index (χ0) is 18.2. The smallest absolute Gasteiger partial charge is 0.332 e. The predicted molar refractivity (Wildman–Crippen MR) is 90.7 cm³/mol. The Balaban J connectivity index is 1.43. The van der Waals surface area contributed by atoms with Gasteiger partial charge < -0.3 is 20.6 Å². The van der Waals surface area contributed by atoms with Gasteiger partial charge in [0.2, 0.25) is 0 Å². The van der Waals surface area contributed by atoms with Gasteiger partial charge in [-0.1, -0.05) is 6.42 Å². The zero-order valence-electron chi connectivity index (χ0n) is 13.5. The summed E-state index contributed by atoms with van der Waals surface area (Å²) < 4.78 is 24.5. The lowest BCUT2D eigenvalue weighted by Crippen LogP contribution is -2.39. The van der Waals surface area contributed by atoms with Gasteiger partial charge in [0.15, 0.2) is 21.2 Å². The second kappa shape index (κ2) is 7.04. The number of hydrogen-bond donors (Lipinski definition) is 3. The summed E-state index contributed by atoms with van der Waals surface area (Å²) in [4.78, 5) is 28.1. The van der Waals surface area contributed by atoms with Crippen molar-refractivity contribution in [3.05, 3.63) is 0 Å². The van der Waals surface area contributed by atoms with E-state index in [4.69, 9.17) is 17.1 Å². The van der Waals surface area contributed by atoms with Gasteiger partial charge in [-0.3, -0.25) is 4.79 Å². The normalized spacial score (nSPS) is 33.1. The molecule has 4 atom stereocenters. The van der Waals surface area contributed by atoms with Gasteiger partial charge in [-0.05, 0) is 25.1 Å². The Morgan fingerprint density at radius 1 is 1.36 bits per heavy atom. The number of unbranched alkanes of at least 4 members (excludes halogenated alkanes) is 1. The summed E-state index contributed by atoms with van der Waals surface area (Å²) in [5, 5.41) is 16.2. The quantitative estimate of drug-likeness (QED) is 0.384. The molecule has 0 radical (unpaired) electrons. The van der Waals surface area contributed by atoms with E-state index < -0.39 is 33.2 Å². The molecule has 3 aliphatic heterocycles. The highest BCUT2D eigenvalue weighted by Gasteiger charge is 2.50. The van der Waals surface area contributed by atoms with Crippen LogP contribution in [-0.2, 0) is 24.3 Å². The van der Waals surface area contributed by atoms with E-state index >= 15 is 0 Å². The largest absolute Gasteiger partial charge is 0.370 e. The fourth-order valence-electron chi connectivity index (χ4n) is 3.53. The number of nitrogens with zero attached hydrogens (tertiary/aromatic N) is 1.